The molecule has 1 aromatic rings. The van der Waals surface area contributed by atoms with E-state index in [4.69, 9.17) is 5.73 Å². The van der Waals surface area contributed by atoms with E-state index < -0.39 is 0 Å². The average Bonchev–Trinajstić information content (AvgIpc) is 2.73. The molecule has 1 fully saturated rings. The van der Waals surface area contributed by atoms with Crippen molar-refractivity contribution >= 4 is 0 Å². The number of nitrogens with two attached hydrogens (primary N) is 1. The summed E-state index contributed by atoms with van der Waals surface area (Å²) in [4.78, 5) is 0. The van der Waals surface area contributed by atoms with E-state index in [1.807, 2.05) is 0 Å². The highest BCUT2D eigenvalue weighted by atomic mass is 15.1. The van der Waals surface area contributed by atoms with Crippen LogP contribution in [0.5, 0.6) is 0 Å². The summed E-state index contributed by atoms with van der Waals surface area (Å²) in [5, 5.41) is 0. The van der Waals surface area contributed by atoms with Crippen molar-refractivity contribution in [1.29, 1.82) is 0 Å². The Bertz CT molecular complexity index is 416. The lowest BCUT2D eigenvalue weighted by Crippen LogP contribution is -2.30. The molecule has 0 aliphatic heterocycles. The van der Waals surface area contributed by atoms with Crippen molar-refractivity contribution in [2.75, 3.05) is 0 Å². The lowest BCUT2D eigenvalue weighted by Gasteiger charge is -2.34. The molecule has 0 aromatic carbocycles. The standard InChI is InChI=1S/C14H22N2/c1-9-6-12(9)16-5-4-10-11(15)7-14(2,3)8-13(10)16/h4-5,9,11-12H,6-8,15H2,1-3H3. The lowest BCUT2D eigenvalue weighted by atomic mass is 9.74. The number of fused-ring (bicyclic) bond motifs is 1. The van der Waals surface area contributed by atoms with Gasteiger partial charge in [0.1, 0.15) is 0 Å². The summed E-state index contributed by atoms with van der Waals surface area (Å²) in [5.74, 6) is 0.859. The van der Waals surface area contributed by atoms with Crippen LogP contribution in [0.2, 0.25) is 0 Å². The van der Waals surface area contributed by atoms with Gasteiger partial charge in [-0.3, -0.25) is 0 Å². The first-order valence-corrected chi connectivity index (χ1v) is 6.43. The van der Waals surface area contributed by atoms with E-state index in [-0.39, 0.29) is 6.04 Å². The van der Waals surface area contributed by atoms with Crippen LogP contribution in [0.15, 0.2) is 12.3 Å². The molecule has 0 amide bonds. The molecule has 2 aliphatic carbocycles. The molecule has 2 heteroatoms. The summed E-state index contributed by atoms with van der Waals surface area (Å²) in [7, 11) is 0. The van der Waals surface area contributed by atoms with Crippen molar-refractivity contribution in [3.05, 3.63) is 23.5 Å². The second-order valence-electron chi connectivity index (χ2n) is 6.56. The quantitative estimate of drug-likeness (QED) is 0.771. The van der Waals surface area contributed by atoms with Gasteiger partial charge in [-0.1, -0.05) is 20.8 Å². The minimum absolute atomic E-state index is 0.244. The summed E-state index contributed by atoms with van der Waals surface area (Å²) in [5.41, 5.74) is 9.55. The predicted octanol–water partition coefficient (Wildman–Crippen LogP) is 3.04. The highest BCUT2D eigenvalue weighted by Gasteiger charge is 2.39. The third-order valence-electron chi connectivity index (χ3n) is 4.30. The van der Waals surface area contributed by atoms with Crippen LogP contribution in [0, 0.1) is 11.3 Å². The predicted molar refractivity (Wildman–Crippen MR) is 66.3 cm³/mol. The molecule has 0 saturated heterocycles. The fourth-order valence-corrected chi connectivity index (χ4v) is 3.26. The minimum atomic E-state index is 0.244. The Morgan fingerprint density at radius 2 is 2.12 bits per heavy atom. The topological polar surface area (TPSA) is 30.9 Å². The maximum atomic E-state index is 6.28. The smallest absolute Gasteiger partial charge is 0.0363 e. The fraction of sp³-hybridized carbons (Fsp3) is 0.714. The zero-order chi connectivity index (χ0) is 11.5. The third kappa shape index (κ3) is 1.51. The van der Waals surface area contributed by atoms with Gasteiger partial charge in [0.2, 0.25) is 0 Å². The number of hydrogen-bond acceptors (Lipinski definition) is 1. The average molecular weight is 218 g/mol. The molecule has 16 heavy (non-hydrogen) atoms. The number of hydrogen-bond donors (Lipinski definition) is 1. The molecule has 3 atom stereocenters. The second kappa shape index (κ2) is 3.13. The van der Waals surface area contributed by atoms with Gasteiger partial charge in [-0.2, -0.15) is 0 Å². The molecular weight excluding hydrogens is 196 g/mol. The van der Waals surface area contributed by atoms with Crippen molar-refractivity contribution in [3.63, 3.8) is 0 Å². The van der Waals surface area contributed by atoms with Crippen LogP contribution < -0.4 is 5.73 Å². The molecular formula is C14H22N2. The third-order valence-corrected chi connectivity index (χ3v) is 4.30. The van der Waals surface area contributed by atoms with Crippen LogP contribution in [-0.2, 0) is 6.42 Å². The summed E-state index contributed by atoms with van der Waals surface area (Å²) in [6, 6.07) is 3.25. The first-order chi connectivity index (χ1) is 7.48. The lowest BCUT2D eigenvalue weighted by molar-refractivity contribution is 0.275. The summed E-state index contributed by atoms with van der Waals surface area (Å²) in [6.45, 7) is 7.01. The summed E-state index contributed by atoms with van der Waals surface area (Å²) < 4.78 is 2.50. The van der Waals surface area contributed by atoms with Gasteiger partial charge in [-0.25, -0.2) is 0 Å². The summed E-state index contributed by atoms with van der Waals surface area (Å²) in [6.07, 6.45) is 5.91. The molecule has 1 aromatic heterocycles. The van der Waals surface area contributed by atoms with E-state index >= 15 is 0 Å². The Kier molecular flexibility index (Phi) is 2.03. The van der Waals surface area contributed by atoms with Crippen molar-refractivity contribution in [3.8, 4) is 0 Å². The van der Waals surface area contributed by atoms with E-state index in [1.165, 1.54) is 24.1 Å². The molecule has 88 valence electrons. The first kappa shape index (κ1) is 10.4. The Labute approximate surface area is 97.8 Å². The maximum absolute atomic E-state index is 6.28. The van der Waals surface area contributed by atoms with E-state index in [0.29, 0.717) is 5.41 Å². The van der Waals surface area contributed by atoms with Gasteiger partial charge in [-0.05, 0) is 42.2 Å². The molecule has 3 unspecified atom stereocenters. The largest absolute Gasteiger partial charge is 0.348 e. The van der Waals surface area contributed by atoms with E-state index in [0.717, 1.165) is 18.4 Å². The van der Waals surface area contributed by atoms with Crippen LogP contribution in [0.25, 0.3) is 0 Å². The van der Waals surface area contributed by atoms with Crippen LogP contribution in [0.1, 0.15) is 57.0 Å². The van der Waals surface area contributed by atoms with E-state index in [2.05, 4.69) is 37.6 Å². The van der Waals surface area contributed by atoms with E-state index in [1.54, 1.807) is 0 Å². The van der Waals surface area contributed by atoms with Gasteiger partial charge in [0, 0.05) is 24.0 Å². The van der Waals surface area contributed by atoms with Crippen molar-refractivity contribution in [1.82, 2.24) is 4.57 Å². The highest BCUT2D eigenvalue weighted by molar-refractivity contribution is 5.31. The molecule has 1 heterocycles. The summed E-state index contributed by atoms with van der Waals surface area (Å²) >= 11 is 0. The van der Waals surface area contributed by atoms with Crippen molar-refractivity contribution in [2.45, 2.75) is 52.1 Å². The zero-order valence-electron chi connectivity index (χ0n) is 10.5. The van der Waals surface area contributed by atoms with E-state index in [9.17, 15) is 0 Å². The van der Waals surface area contributed by atoms with Crippen LogP contribution >= 0.6 is 0 Å². The van der Waals surface area contributed by atoms with Crippen LogP contribution in [0.4, 0.5) is 0 Å². The Hall–Kier alpha value is -0.760. The second-order valence-corrected chi connectivity index (χ2v) is 6.56. The zero-order valence-corrected chi connectivity index (χ0v) is 10.5. The fourth-order valence-electron chi connectivity index (χ4n) is 3.26. The molecule has 1 saturated carbocycles. The number of rotatable bonds is 1. The Morgan fingerprint density at radius 1 is 1.44 bits per heavy atom. The van der Waals surface area contributed by atoms with Crippen LogP contribution in [-0.4, -0.2) is 4.57 Å². The van der Waals surface area contributed by atoms with Gasteiger partial charge in [0.05, 0.1) is 0 Å². The van der Waals surface area contributed by atoms with Crippen LogP contribution in [0.3, 0.4) is 0 Å². The van der Waals surface area contributed by atoms with Gasteiger partial charge >= 0.3 is 0 Å². The molecule has 0 radical (unpaired) electrons. The minimum Gasteiger partial charge on any atom is -0.348 e. The van der Waals surface area contributed by atoms with Crippen molar-refractivity contribution < 1.29 is 0 Å². The van der Waals surface area contributed by atoms with Gasteiger partial charge in [0.25, 0.3) is 0 Å². The molecule has 3 rings (SSSR count). The number of nitrogens with zero attached hydrogens (tertiary/aromatic N) is 1. The molecule has 2 N–H and O–H groups in total. The Morgan fingerprint density at radius 3 is 2.75 bits per heavy atom. The maximum Gasteiger partial charge on any atom is 0.0363 e. The monoisotopic (exact) mass is 218 g/mol. The first-order valence-electron chi connectivity index (χ1n) is 6.43. The molecule has 0 bridgehead atoms. The SMILES string of the molecule is CC1CC1n1ccc2c1CC(C)(C)CC2N. The molecule has 2 aliphatic rings. The highest BCUT2D eigenvalue weighted by Crippen LogP contribution is 2.47. The number of aromatic nitrogens is 1. The van der Waals surface area contributed by atoms with Gasteiger partial charge in [0.15, 0.2) is 0 Å². The normalized spacial score (nSPS) is 35.9. The molecule has 2 nitrogen and oxygen atoms in total. The van der Waals surface area contributed by atoms with Crippen molar-refractivity contribution in [2.24, 2.45) is 17.1 Å². The Balaban J connectivity index is 2.00. The van der Waals surface area contributed by atoms with Gasteiger partial charge in [-0.15, -0.1) is 0 Å². The van der Waals surface area contributed by atoms with Gasteiger partial charge < -0.3 is 10.3 Å². The molecule has 0 spiro atoms.